The molecule has 6 heteroatoms. The Hall–Kier alpha value is -1.66. The van der Waals surface area contributed by atoms with Crippen molar-refractivity contribution in [2.45, 2.75) is 64.2 Å². The lowest BCUT2D eigenvalue weighted by molar-refractivity contribution is -0.0243. The lowest BCUT2D eigenvalue weighted by Gasteiger charge is -2.14. The van der Waals surface area contributed by atoms with Gasteiger partial charge in [0.15, 0.2) is 0 Å². The molecule has 3 rings (SSSR count). The minimum absolute atomic E-state index is 0.0193. The lowest BCUT2D eigenvalue weighted by Crippen LogP contribution is -2.27. The molecular formula is C17H24N2O4. The second kappa shape index (κ2) is 7.27. The van der Waals surface area contributed by atoms with E-state index in [1.165, 1.54) is 23.8 Å². The number of aliphatic hydroxyl groups is 1. The monoisotopic (exact) mass is 320 g/mol. The van der Waals surface area contributed by atoms with Gasteiger partial charge < -0.3 is 14.3 Å². The molecule has 0 unspecified atom stereocenters. The highest BCUT2D eigenvalue weighted by Gasteiger charge is 2.27. The van der Waals surface area contributed by atoms with Crippen LogP contribution in [-0.2, 0) is 11.2 Å². The number of aryl methyl sites for hydroxylation is 1. The molecule has 1 aliphatic heterocycles. The van der Waals surface area contributed by atoms with E-state index in [0.717, 1.165) is 30.4 Å². The Bertz CT molecular complexity index is 706. The minimum atomic E-state index is -0.368. The van der Waals surface area contributed by atoms with Gasteiger partial charge in [-0.1, -0.05) is 26.2 Å². The van der Waals surface area contributed by atoms with E-state index in [0.29, 0.717) is 12.1 Å². The Morgan fingerprint density at radius 1 is 1.35 bits per heavy atom. The normalized spacial score (nSPS) is 21.3. The van der Waals surface area contributed by atoms with Crippen molar-refractivity contribution in [1.82, 2.24) is 9.55 Å². The number of rotatable bonds is 7. The first-order valence-electron chi connectivity index (χ1n) is 8.49. The summed E-state index contributed by atoms with van der Waals surface area (Å²) in [6.45, 7) is 2.17. The van der Waals surface area contributed by atoms with Crippen molar-refractivity contribution in [1.29, 1.82) is 0 Å². The van der Waals surface area contributed by atoms with Crippen molar-refractivity contribution in [3.05, 3.63) is 28.5 Å². The topological polar surface area (TPSA) is 77.5 Å². The Labute approximate surface area is 135 Å². The molecule has 6 nitrogen and oxygen atoms in total. The fourth-order valence-corrected chi connectivity index (χ4v) is 3.06. The van der Waals surface area contributed by atoms with Gasteiger partial charge in [0.25, 0.3) is 0 Å². The molecule has 0 saturated carbocycles. The highest BCUT2D eigenvalue weighted by atomic mass is 16.5. The summed E-state index contributed by atoms with van der Waals surface area (Å²) in [5.41, 5.74) is 0.0291. The highest BCUT2D eigenvalue weighted by molar-refractivity contribution is 5.72. The van der Waals surface area contributed by atoms with Crippen molar-refractivity contribution >= 4 is 11.1 Å². The molecule has 1 N–H and O–H groups in total. The predicted octanol–water partition coefficient (Wildman–Crippen LogP) is 2.78. The fourth-order valence-electron chi connectivity index (χ4n) is 3.06. The van der Waals surface area contributed by atoms with Crippen LogP contribution in [0, 0.1) is 0 Å². The maximum absolute atomic E-state index is 12.2. The number of ether oxygens (including phenoxy) is 1. The third-order valence-corrected chi connectivity index (χ3v) is 4.36. The molecule has 0 aliphatic carbocycles. The zero-order valence-corrected chi connectivity index (χ0v) is 13.5. The van der Waals surface area contributed by atoms with Gasteiger partial charge in [0.05, 0.1) is 18.1 Å². The average molecular weight is 320 g/mol. The lowest BCUT2D eigenvalue weighted by atomic mass is 10.1. The summed E-state index contributed by atoms with van der Waals surface area (Å²) in [5, 5.41) is 9.98. The van der Waals surface area contributed by atoms with Crippen molar-refractivity contribution in [3.63, 3.8) is 0 Å². The van der Waals surface area contributed by atoms with Crippen LogP contribution in [0.4, 0.5) is 0 Å². The van der Waals surface area contributed by atoms with Crippen LogP contribution in [0.25, 0.3) is 11.1 Å². The van der Waals surface area contributed by atoms with Gasteiger partial charge in [-0.15, -0.1) is 0 Å². The standard InChI is InChI=1S/C17H24N2O4/c1-2-3-4-5-6-13-9-12-10-19(17(21)18-16(12)23-13)15-8-7-14(11-20)22-15/h9-10,14-15,20H,2-8,11H2,1H3/t14-,15+/m1/s1. The van der Waals surface area contributed by atoms with E-state index in [-0.39, 0.29) is 24.6 Å². The van der Waals surface area contributed by atoms with Crippen LogP contribution in [0.1, 0.15) is 57.4 Å². The summed E-state index contributed by atoms with van der Waals surface area (Å²) in [5.74, 6) is 0.876. The molecule has 23 heavy (non-hydrogen) atoms. The maximum Gasteiger partial charge on any atom is 0.353 e. The molecule has 2 aromatic heterocycles. The number of hydrogen-bond acceptors (Lipinski definition) is 5. The first-order chi connectivity index (χ1) is 11.2. The molecule has 1 saturated heterocycles. The molecule has 0 bridgehead atoms. The highest BCUT2D eigenvalue weighted by Crippen LogP contribution is 2.28. The smallest absolute Gasteiger partial charge is 0.353 e. The number of fused-ring (bicyclic) bond motifs is 1. The van der Waals surface area contributed by atoms with Crippen LogP contribution in [0.2, 0.25) is 0 Å². The van der Waals surface area contributed by atoms with E-state index in [4.69, 9.17) is 14.3 Å². The zero-order valence-electron chi connectivity index (χ0n) is 13.5. The molecule has 1 fully saturated rings. The zero-order chi connectivity index (χ0) is 16.2. The Balaban J connectivity index is 1.76. The summed E-state index contributed by atoms with van der Waals surface area (Å²) in [7, 11) is 0. The maximum atomic E-state index is 12.2. The third kappa shape index (κ3) is 3.64. The molecular weight excluding hydrogens is 296 g/mol. The quantitative estimate of drug-likeness (QED) is 0.794. The summed E-state index contributed by atoms with van der Waals surface area (Å²) in [6.07, 6.45) is 8.26. The van der Waals surface area contributed by atoms with Gasteiger partial charge in [-0.2, -0.15) is 4.98 Å². The van der Waals surface area contributed by atoms with Crippen molar-refractivity contribution in [2.24, 2.45) is 0 Å². The van der Waals surface area contributed by atoms with Crippen LogP contribution in [0.5, 0.6) is 0 Å². The van der Waals surface area contributed by atoms with Crippen LogP contribution in [0.3, 0.4) is 0 Å². The molecule has 0 aromatic carbocycles. The summed E-state index contributed by atoms with van der Waals surface area (Å²) >= 11 is 0. The second-order valence-corrected chi connectivity index (χ2v) is 6.19. The van der Waals surface area contributed by atoms with E-state index < -0.39 is 0 Å². The molecule has 1 aliphatic rings. The van der Waals surface area contributed by atoms with Gasteiger partial charge in [0.1, 0.15) is 12.0 Å². The van der Waals surface area contributed by atoms with E-state index in [1.807, 2.05) is 6.07 Å². The van der Waals surface area contributed by atoms with Crippen LogP contribution in [-0.4, -0.2) is 27.4 Å². The molecule has 3 heterocycles. The number of unbranched alkanes of at least 4 members (excludes halogenated alkanes) is 3. The van der Waals surface area contributed by atoms with Crippen LogP contribution >= 0.6 is 0 Å². The van der Waals surface area contributed by atoms with Gasteiger partial charge in [-0.25, -0.2) is 4.79 Å². The molecule has 2 atom stereocenters. The molecule has 2 aromatic rings. The SMILES string of the molecule is CCCCCCc1cc2cn([C@@H]3CC[C@H](CO)O3)c(=O)nc2o1. The summed E-state index contributed by atoms with van der Waals surface area (Å²) in [4.78, 5) is 16.2. The summed E-state index contributed by atoms with van der Waals surface area (Å²) in [6, 6.07) is 1.96. The van der Waals surface area contributed by atoms with E-state index >= 15 is 0 Å². The van der Waals surface area contributed by atoms with Gasteiger partial charge in [0.2, 0.25) is 5.71 Å². The van der Waals surface area contributed by atoms with E-state index in [2.05, 4.69) is 11.9 Å². The fraction of sp³-hybridized carbons (Fsp3) is 0.647. The van der Waals surface area contributed by atoms with Gasteiger partial charge in [-0.05, 0) is 25.3 Å². The third-order valence-electron chi connectivity index (χ3n) is 4.36. The number of aliphatic hydroxyl groups excluding tert-OH is 1. The van der Waals surface area contributed by atoms with Crippen LogP contribution in [0.15, 0.2) is 21.5 Å². The predicted molar refractivity (Wildman–Crippen MR) is 86.3 cm³/mol. The van der Waals surface area contributed by atoms with Crippen molar-refractivity contribution < 1.29 is 14.3 Å². The first-order valence-corrected chi connectivity index (χ1v) is 8.49. The Morgan fingerprint density at radius 2 is 2.22 bits per heavy atom. The van der Waals surface area contributed by atoms with Gasteiger partial charge in [-0.3, -0.25) is 4.57 Å². The molecule has 126 valence electrons. The Kier molecular flexibility index (Phi) is 5.13. The van der Waals surface area contributed by atoms with Gasteiger partial charge in [0, 0.05) is 12.6 Å². The summed E-state index contributed by atoms with van der Waals surface area (Å²) < 4.78 is 12.9. The second-order valence-electron chi connectivity index (χ2n) is 6.19. The van der Waals surface area contributed by atoms with Crippen molar-refractivity contribution in [3.8, 4) is 0 Å². The number of nitrogens with zero attached hydrogens (tertiary/aromatic N) is 2. The number of hydrogen-bond donors (Lipinski definition) is 1. The average Bonchev–Trinajstić information content (AvgIpc) is 3.16. The first kappa shape index (κ1) is 16.2. The van der Waals surface area contributed by atoms with Gasteiger partial charge >= 0.3 is 5.69 Å². The van der Waals surface area contributed by atoms with Crippen LogP contribution < -0.4 is 5.69 Å². The Morgan fingerprint density at radius 3 is 2.96 bits per heavy atom. The van der Waals surface area contributed by atoms with Crippen molar-refractivity contribution in [2.75, 3.05) is 6.61 Å². The molecule has 0 radical (unpaired) electrons. The minimum Gasteiger partial charge on any atom is -0.443 e. The largest absolute Gasteiger partial charge is 0.443 e. The van der Waals surface area contributed by atoms with E-state index in [9.17, 15) is 4.79 Å². The van der Waals surface area contributed by atoms with E-state index in [1.54, 1.807) is 6.20 Å². The molecule has 0 amide bonds. The molecule has 0 spiro atoms. The number of furan rings is 1. The number of aromatic nitrogens is 2.